The van der Waals surface area contributed by atoms with E-state index < -0.39 is 84.9 Å². The molecule has 14 atom stereocenters. The van der Waals surface area contributed by atoms with Crippen LogP contribution in [0.25, 0.3) is 0 Å². The number of aliphatic hydroxyl groups is 1. The molecule has 4 fully saturated rings. The zero-order valence-corrected chi connectivity index (χ0v) is 29.4. The Balaban J connectivity index is 1.55. The second kappa shape index (κ2) is 17.9. The molecule has 4 saturated heterocycles. The number of carbonyl (C=O) groups is 1. The standard InChI is InChI=1S/C31H54O12P2/c1-6-8-10-11-12-13-15-35-27-25(34-14-9-7-2)24(22-19(39-27)17-37-30(45)43-22)40-26-20(32)23(41-28(33)31(3,4)5)21-18(38-26)16-36-29(44)42-21/h6,18-27,29-30,32H,1,7-17,44-45H2,2-5H3/t18?,19?,20-,21-,22-,23?,24?,25-,26-,27+,29?,30?/m0/s1. The van der Waals surface area contributed by atoms with Gasteiger partial charge in [-0.1, -0.05) is 50.7 Å². The lowest BCUT2D eigenvalue weighted by Gasteiger charge is -2.51. The van der Waals surface area contributed by atoms with Crippen molar-refractivity contribution in [2.24, 2.45) is 5.41 Å². The summed E-state index contributed by atoms with van der Waals surface area (Å²) in [6.45, 7) is 12.5. The highest BCUT2D eigenvalue weighted by molar-refractivity contribution is 7.17. The Morgan fingerprint density at radius 1 is 0.844 bits per heavy atom. The maximum absolute atomic E-state index is 13.0. The van der Waals surface area contributed by atoms with Gasteiger partial charge in [0.2, 0.25) is 0 Å². The third-order valence-corrected chi connectivity index (χ3v) is 8.88. The number of esters is 1. The predicted molar refractivity (Wildman–Crippen MR) is 170 cm³/mol. The molecule has 4 aliphatic heterocycles. The molecule has 0 aromatic carbocycles. The highest BCUT2D eigenvalue weighted by Crippen LogP contribution is 2.38. The van der Waals surface area contributed by atoms with Crippen molar-refractivity contribution in [2.45, 2.75) is 146 Å². The molecule has 260 valence electrons. The normalized spacial score (nSPS) is 38.6. The molecule has 4 rings (SSSR count). The molecule has 0 aliphatic carbocycles. The molecule has 0 saturated carbocycles. The smallest absolute Gasteiger partial charge is 0.311 e. The Morgan fingerprint density at radius 2 is 1.44 bits per heavy atom. The molecule has 1 N–H and O–H groups in total. The van der Waals surface area contributed by atoms with E-state index in [1.807, 2.05) is 6.08 Å². The summed E-state index contributed by atoms with van der Waals surface area (Å²) in [6.07, 6.45) is 0.295. The van der Waals surface area contributed by atoms with Crippen LogP contribution in [0.1, 0.15) is 72.6 Å². The molecule has 45 heavy (non-hydrogen) atoms. The molecule has 0 radical (unpaired) electrons. The average Bonchev–Trinajstić information content (AvgIpc) is 2.99. The SMILES string of the molecule is C=CCCCCCCO[C@@H]1OC2COC(P)O[C@@H]2C(O[C@@H]2OC3COC(P)O[C@@H]3C(OC(=O)C(C)(C)C)[C@@H]2O)[C@@H]1OCCCC. The van der Waals surface area contributed by atoms with E-state index >= 15 is 0 Å². The van der Waals surface area contributed by atoms with Crippen LogP contribution in [-0.4, -0.2) is 111 Å². The summed E-state index contributed by atoms with van der Waals surface area (Å²) in [5.74, 6) is -0.482. The quantitative estimate of drug-likeness (QED) is 0.117. The van der Waals surface area contributed by atoms with Gasteiger partial charge in [-0.2, -0.15) is 0 Å². The number of allylic oxidation sites excluding steroid dienone is 1. The molecule has 0 spiro atoms. The van der Waals surface area contributed by atoms with Crippen molar-refractivity contribution in [1.82, 2.24) is 0 Å². The lowest BCUT2D eigenvalue weighted by atomic mass is 9.94. The number of carbonyl (C=O) groups excluding carboxylic acids is 1. The number of hydrogen-bond donors (Lipinski definition) is 1. The molecule has 14 heteroatoms. The predicted octanol–water partition coefficient (Wildman–Crippen LogP) is 3.63. The van der Waals surface area contributed by atoms with Gasteiger partial charge < -0.3 is 52.5 Å². The van der Waals surface area contributed by atoms with Crippen LogP contribution in [-0.2, 0) is 52.2 Å². The molecular formula is C31H54O12P2. The van der Waals surface area contributed by atoms with Gasteiger partial charge in [0, 0.05) is 13.2 Å². The summed E-state index contributed by atoms with van der Waals surface area (Å²) in [6, 6.07) is -1.23. The summed E-state index contributed by atoms with van der Waals surface area (Å²) < 4.78 is 61.3. The van der Waals surface area contributed by atoms with Crippen molar-refractivity contribution >= 4 is 24.4 Å². The molecule has 12 nitrogen and oxygen atoms in total. The van der Waals surface area contributed by atoms with Gasteiger partial charge >= 0.3 is 5.97 Å². The van der Waals surface area contributed by atoms with Crippen molar-refractivity contribution in [1.29, 1.82) is 0 Å². The van der Waals surface area contributed by atoms with Crippen molar-refractivity contribution in [3.63, 3.8) is 0 Å². The first kappa shape index (κ1) is 37.5. The fraction of sp³-hybridized carbons (Fsp3) is 0.903. The van der Waals surface area contributed by atoms with Crippen molar-refractivity contribution in [2.75, 3.05) is 26.4 Å². The first-order valence-electron chi connectivity index (χ1n) is 16.3. The fourth-order valence-corrected chi connectivity index (χ4v) is 6.20. The Morgan fingerprint density at radius 3 is 2.07 bits per heavy atom. The number of rotatable bonds is 15. The monoisotopic (exact) mass is 680 g/mol. The first-order valence-corrected chi connectivity index (χ1v) is 17.6. The Kier molecular flexibility index (Phi) is 14.9. The van der Waals surface area contributed by atoms with E-state index in [2.05, 4.69) is 32.0 Å². The molecule has 4 heterocycles. The molecule has 0 bridgehead atoms. The van der Waals surface area contributed by atoms with Crippen molar-refractivity contribution in [3.05, 3.63) is 12.7 Å². The Hall–Kier alpha value is -0.330. The van der Waals surface area contributed by atoms with Gasteiger partial charge in [-0.05, 0) is 46.5 Å². The summed E-state index contributed by atoms with van der Waals surface area (Å²) in [5.41, 5.74) is -0.804. The second-order valence-electron chi connectivity index (χ2n) is 13.0. The van der Waals surface area contributed by atoms with Gasteiger partial charge in [0.1, 0.15) is 42.7 Å². The Labute approximate surface area is 272 Å². The van der Waals surface area contributed by atoms with E-state index in [9.17, 15) is 9.90 Å². The van der Waals surface area contributed by atoms with E-state index in [1.165, 1.54) is 0 Å². The van der Waals surface area contributed by atoms with Crippen LogP contribution in [0.3, 0.4) is 0 Å². The third kappa shape index (κ3) is 10.3. The number of fused-ring (bicyclic) bond motifs is 2. The van der Waals surface area contributed by atoms with Crippen LogP contribution in [0.5, 0.6) is 0 Å². The van der Waals surface area contributed by atoms with Crippen molar-refractivity contribution < 1.29 is 57.3 Å². The molecule has 0 amide bonds. The van der Waals surface area contributed by atoms with E-state index in [-0.39, 0.29) is 13.2 Å². The molecule has 0 aromatic heterocycles. The molecule has 0 aromatic rings. The minimum atomic E-state index is -1.38. The van der Waals surface area contributed by atoms with Gasteiger partial charge in [-0.15, -0.1) is 6.58 Å². The van der Waals surface area contributed by atoms with Gasteiger partial charge in [0.05, 0.1) is 18.6 Å². The topological polar surface area (TPSA) is 130 Å². The molecule has 8 unspecified atom stereocenters. The van der Waals surface area contributed by atoms with Crippen molar-refractivity contribution in [3.8, 4) is 0 Å². The lowest BCUT2D eigenvalue weighted by Crippen LogP contribution is -2.68. The van der Waals surface area contributed by atoms with Crippen LogP contribution in [0.4, 0.5) is 0 Å². The highest BCUT2D eigenvalue weighted by Gasteiger charge is 2.56. The van der Waals surface area contributed by atoms with Gasteiger partial charge in [0.25, 0.3) is 0 Å². The first-order chi connectivity index (χ1) is 21.5. The summed E-state index contributed by atoms with van der Waals surface area (Å²) in [5, 5.41) is 11.6. The van der Waals surface area contributed by atoms with Crippen LogP contribution < -0.4 is 0 Å². The largest absolute Gasteiger partial charge is 0.456 e. The molecular weight excluding hydrogens is 626 g/mol. The van der Waals surface area contributed by atoms with Gasteiger partial charge in [0.15, 0.2) is 30.7 Å². The van der Waals surface area contributed by atoms with Crippen LogP contribution in [0, 0.1) is 5.41 Å². The van der Waals surface area contributed by atoms with E-state index in [1.54, 1.807) is 20.8 Å². The lowest BCUT2D eigenvalue weighted by molar-refractivity contribution is -0.396. The number of hydrogen-bond acceptors (Lipinski definition) is 12. The maximum atomic E-state index is 13.0. The maximum Gasteiger partial charge on any atom is 0.311 e. The minimum absolute atomic E-state index is 0.155. The van der Waals surface area contributed by atoms with E-state index in [0.29, 0.717) is 13.2 Å². The number of unbranched alkanes of at least 4 members (excludes halogenated alkanes) is 5. The average molecular weight is 681 g/mol. The second-order valence-corrected chi connectivity index (χ2v) is 14.0. The zero-order valence-electron chi connectivity index (χ0n) is 27.1. The minimum Gasteiger partial charge on any atom is -0.456 e. The fourth-order valence-electron chi connectivity index (χ4n) is 5.61. The Bertz CT molecular complexity index is 921. The number of ether oxygens (including phenoxy) is 10. The van der Waals surface area contributed by atoms with E-state index in [4.69, 9.17) is 47.4 Å². The summed E-state index contributed by atoms with van der Waals surface area (Å²) >= 11 is 0. The highest BCUT2D eigenvalue weighted by atomic mass is 31.0. The van der Waals surface area contributed by atoms with Gasteiger partial charge in [-0.25, -0.2) is 0 Å². The number of aliphatic hydroxyl groups excluding tert-OH is 1. The van der Waals surface area contributed by atoms with Crippen LogP contribution in [0.2, 0.25) is 0 Å². The van der Waals surface area contributed by atoms with Gasteiger partial charge in [-0.3, -0.25) is 4.79 Å². The third-order valence-electron chi connectivity index (χ3n) is 8.18. The summed E-state index contributed by atoms with van der Waals surface area (Å²) in [7, 11) is 4.95. The molecule has 4 aliphatic rings. The summed E-state index contributed by atoms with van der Waals surface area (Å²) in [4.78, 5) is 13.0. The van der Waals surface area contributed by atoms with Crippen LogP contribution in [0.15, 0.2) is 12.7 Å². The zero-order chi connectivity index (χ0) is 32.6. The van der Waals surface area contributed by atoms with E-state index in [0.717, 1.165) is 44.9 Å². The van der Waals surface area contributed by atoms with Crippen LogP contribution >= 0.6 is 18.5 Å².